The van der Waals surface area contributed by atoms with Crippen molar-refractivity contribution in [3.63, 3.8) is 0 Å². The van der Waals surface area contributed by atoms with Gasteiger partial charge in [0.15, 0.2) is 5.82 Å². The Morgan fingerprint density at radius 2 is 2.06 bits per heavy atom. The molecule has 3 heterocycles. The lowest BCUT2D eigenvalue weighted by Crippen LogP contribution is -2.66. The number of carbonyl (C=O) groups excluding carboxylic acids is 1. The Kier molecular flexibility index (Phi) is 5.33. The van der Waals surface area contributed by atoms with E-state index < -0.39 is 40.4 Å². The minimum absolute atomic E-state index is 0.144. The summed E-state index contributed by atoms with van der Waals surface area (Å²) in [5, 5.41) is 14.4. The fourth-order valence-corrected chi connectivity index (χ4v) is 5.16. The van der Waals surface area contributed by atoms with Gasteiger partial charge >= 0.3 is 12.2 Å². The van der Waals surface area contributed by atoms with Crippen molar-refractivity contribution in [3.05, 3.63) is 41.6 Å². The largest absolute Gasteiger partial charge is 0.423 e. The number of nitrogens with zero attached hydrogens (tertiary/aromatic N) is 6. The van der Waals surface area contributed by atoms with Crippen LogP contribution in [0.1, 0.15) is 50.0 Å². The summed E-state index contributed by atoms with van der Waals surface area (Å²) in [5.41, 5.74) is -2.91. The van der Waals surface area contributed by atoms with Crippen LogP contribution in [-0.2, 0) is 18.8 Å². The molecule has 0 spiro atoms. The van der Waals surface area contributed by atoms with Crippen LogP contribution in [0, 0.1) is 18.7 Å². The maximum Gasteiger partial charge on any atom is 0.417 e. The maximum absolute atomic E-state index is 14.9. The molecule has 3 aromatic rings. The highest BCUT2D eigenvalue weighted by Crippen LogP contribution is 2.53. The van der Waals surface area contributed by atoms with Gasteiger partial charge in [-0.15, -0.1) is 10.2 Å². The van der Waals surface area contributed by atoms with Crippen LogP contribution in [0.4, 0.5) is 28.0 Å². The standard InChI is InChI=1S/C22H23F4N7O2/c1-11-4-5-21(19-30-29-12(2)35-19)9-13(6-11)33(21)20(34)28-17-7-14(18-27-10-32(3)31-18)15(8-16(17)23)22(24,25)26/h7-8,10-11,13H,4-6,9H2,1-3H3,(H,28,34). The molecule has 35 heavy (non-hydrogen) atoms. The number of anilines is 1. The van der Waals surface area contributed by atoms with Crippen molar-refractivity contribution >= 4 is 11.7 Å². The molecule has 2 bridgehead atoms. The Morgan fingerprint density at radius 3 is 2.69 bits per heavy atom. The number of likely N-dealkylation sites (tertiary alicyclic amines) is 1. The molecule has 1 aliphatic carbocycles. The van der Waals surface area contributed by atoms with Gasteiger partial charge in [0.2, 0.25) is 11.8 Å². The lowest BCUT2D eigenvalue weighted by molar-refractivity contribution is -0.137. The molecule has 2 aromatic heterocycles. The van der Waals surface area contributed by atoms with Gasteiger partial charge in [0.1, 0.15) is 17.7 Å². The van der Waals surface area contributed by atoms with Crippen LogP contribution in [0.2, 0.25) is 0 Å². The van der Waals surface area contributed by atoms with E-state index >= 15 is 0 Å². The van der Waals surface area contributed by atoms with Crippen molar-refractivity contribution in [2.24, 2.45) is 13.0 Å². The van der Waals surface area contributed by atoms with E-state index in [4.69, 9.17) is 4.42 Å². The van der Waals surface area contributed by atoms with Crippen LogP contribution in [0.25, 0.3) is 11.4 Å². The van der Waals surface area contributed by atoms with Crippen LogP contribution < -0.4 is 5.32 Å². The molecular formula is C22H23F4N7O2. The molecule has 2 amide bonds. The van der Waals surface area contributed by atoms with E-state index in [0.717, 1.165) is 18.9 Å². The van der Waals surface area contributed by atoms with Gasteiger partial charge < -0.3 is 14.6 Å². The van der Waals surface area contributed by atoms with Crippen molar-refractivity contribution in [2.75, 3.05) is 5.32 Å². The van der Waals surface area contributed by atoms with Gasteiger partial charge in [-0.25, -0.2) is 14.2 Å². The first-order chi connectivity index (χ1) is 16.5. The normalized spacial score (nSPS) is 24.1. The highest BCUT2D eigenvalue weighted by atomic mass is 19.4. The zero-order chi connectivity index (χ0) is 25.1. The second kappa shape index (κ2) is 8.02. The third kappa shape index (κ3) is 3.92. The fourth-order valence-electron chi connectivity index (χ4n) is 5.16. The molecule has 1 saturated carbocycles. The molecule has 3 unspecified atom stereocenters. The van der Waals surface area contributed by atoms with Gasteiger partial charge in [-0.2, -0.15) is 18.3 Å². The van der Waals surface area contributed by atoms with Gasteiger partial charge in [0.25, 0.3) is 0 Å². The number of hydrogen-bond donors (Lipinski definition) is 1. The number of alkyl halides is 3. The van der Waals surface area contributed by atoms with Gasteiger partial charge in [-0.05, 0) is 37.3 Å². The number of halogens is 4. The number of nitrogens with one attached hydrogen (secondary N) is 1. The molecule has 13 heteroatoms. The highest BCUT2D eigenvalue weighted by molar-refractivity contribution is 5.92. The predicted octanol–water partition coefficient (Wildman–Crippen LogP) is 4.65. The molecular weight excluding hydrogens is 470 g/mol. The van der Waals surface area contributed by atoms with E-state index in [1.165, 1.54) is 18.1 Å². The molecule has 2 fully saturated rings. The third-order valence-electron chi connectivity index (χ3n) is 6.76. The van der Waals surface area contributed by atoms with Crippen molar-refractivity contribution in [3.8, 4) is 11.4 Å². The second-order valence-corrected chi connectivity index (χ2v) is 9.31. The molecule has 0 radical (unpaired) electrons. The van der Waals surface area contributed by atoms with Crippen LogP contribution in [0.3, 0.4) is 0 Å². The summed E-state index contributed by atoms with van der Waals surface area (Å²) in [7, 11) is 1.50. The van der Waals surface area contributed by atoms with Gasteiger partial charge in [-0.1, -0.05) is 6.92 Å². The molecule has 2 aliphatic rings. The Labute approximate surface area is 197 Å². The molecule has 1 aliphatic heterocycles. The van der Waals surface area contributed by atoms with Crippen LogP contribution >= 0.6 is 0 Å². The summed E-state index contributed by atoms with van der Waals surface area (Å²) in [6.45, 7) is 3.74. The maximum atomic E-state index is 14.9. The Morgan fingerprint density at radius 1 is 1.29 bits per heavy atom. The average molecular weight is 493 g/mol. The van der Waals surface area contributed by atoms with Crippen LogP contribution in [0.5, 0.6) is 0 Å². The average Bonchev–Trinajstić information content (AvgIpc) is 3.31. The Hall–Kier alpha value is -3.51. The van der Waals surface area contributed by atoms with E-state index in [2.05, 4.69) is 32.5 Å². The van der Waals surface area contributed by atoms with E-state index in [1.807, 2.05) is 0 Å². The summed E-state index contributed by atoms with van der Waals surface area (Å²) < 4.78 is 62.7. The molecule has 186 valence electrons. The lowest BCUT2D eigenvalue weighted by Gasteiger charge is -2.54. The Bertz CT molecular complexity index is 1290. The SMILES string of the molecule is Cc1nnc(C23CCC(C)CC(C2)N3C(=O)Nc2cc(-c3ncn(C)n3)c(C(F)(F)F)cc2F)o1. The van der Waals surface area contributed by atoms with Gasteiger partial charge in [-0.3, -0.25) is 4.68 Å². The van der Waals surface area contributed by atoms with E-state index in [9.17, 15) is 22.4 Å². The first kappa shape index (κ1) is 23.2. The zero-order valence-corrected chi connectivity index (χ0v) is 19.2. The minimum atomic E-state index is -4.85. The van der Waals surface area contributed by atoms with Crippen molar-refractivity contribution in [2.45, 2.75) is 57.3 Å². The third-order valence-corrected chi connectivity index (χ3v) is 6.76. The van der Waals surface area contributed by atoms with E-state index in [0.29, 0.717) is 36.6 Å². The fraction of sp³-hybridized carbons (Fsp3) is 0.500. The van der Waals surface area contributed by atoms with Gasteiger partial charge in [0.05, 0.1) is 11.3 Å². The molecule has 9 nitrogen and oxygen atoms in total. The molecule has 3 atom stereocenters. The summed E-state index contributed by atoms with van der Waals surface area (Å²) in [6, 6.07) is 0.476. The van der Waals surface area contributed by atoms with E-state index in [1.54, 1.807) is 11.8 Å². The second-order valence-electron chi connectivity index (χ2n) is 9.31. The predicted molar refractivity (Wildman–Crippen MR) is 114 cm³/mol. The smallest absolute Gasteiger partial charge is 0.417 e. The summed E-state index contributed by atoms with van der Waals surface area (Å²) in [6.07, 6.45) is -0.852. The van der Waals surface area contributed by atoms with E-state index in [-0.39, 0.29) is 11.9 Å². The Balaban J connectivity index is 1.51. The van der Waals surface area contributed by atoms with Gasteiger partial charge in [0, 0.05) is 32.0 Å². The quantitative estimate of drug-likeness (QED) is 0.533. The van der Waals surface area contributed by atoms with Crippen molar-refractivity contribution < 1.29 is 26.8 Å². The minimum Gasteiger partial charge on any atom is -0.423 e. The number of hydrogen-bond acceptors (Lipinski definition) is 6. The lowest BCUT2D eigenvalue weighted by atomic mass is 9.76. The van der Waals surface area contributed by atoms with Crippen LogP contribution in [-0.4, -0.2) is 41.9 Å². The molecule has 1 N–H and O–H groups in total. The number of urea groups is 1. The number of aromatic nitrogens is 5. The van der Waals surface area contributed by atoms with Crippen molar-refractivity contribution in [1.82, 2.24) is 29.9 Å². The molecule has 1 aromatic carbocycles. The number of amides is 2. The highest BCUT2D eigenvalue weighted by Gasteiger charge is 2.60. The number of fused-ring (bicyclic) bond motifs is 2. The first-order valence-corrected chi connectivity index (χ1v) is 11.2. The summed E-state index contributed by atoms with van der Waals surface area (Å²) in [4.78, 5) is 18.9. The topological polar surface area (TPSA) is 102 Å². The molecule has 5 rings (SSSR count). The monoisotopic (exact) mass is 493 g/mol. The number of rotatable bonds is 3. The first-order valence-electron chi connectivity index (χ1n) is 11.2. The summed E-state index contributed by atoms with van der Waals surface area (Å²) >= 11 is 0. The number of benzene rings is 1. The van der Waals surface area contributed by atoms with Crippen molar-refractivity contribution in [1.29, 1.82) is 0 Å². The molecule has 1 saturated heterocycles. The zero-order valence-electron chi connectivity index (χ0n) is 19.2. The number of aryl methyl sites for hydroxylation is 2. The number of carbonyl (C=O) groups is 1. The summed E-state index contributed by atoms with van der Waals surface area (Å²) in [5.74, 6) is -0.448. The van der Waals surface area contributed by atoms with Crippen LogP contribution in [0.15, 0.2) is 22.9 Å².